The van der Waals surface area contributed by atoms with Gasteiger partial charge >= 0.3 is 0 Å². The van der Waals surface area contributed by atoms with Crippen LogP contribution in [-0.2, 0) is 21.4 Å². The lowest BCUT2D eigenvalue weighted by molar-refractivity contribution is -0.132. The Morgan fingerprint density at radius 1 is 1.00 bits per heavy atom. The predicted octanol–water partition coefficient (Wildman–Crippen LogP) is 2.54. The fourth-order valence-corrected chi connectivity index (χ4v) is 4.74. The summed E-state index contributed by atoms with van der Waals surface area (Å²) < 4.78 is 36.6. The van der Waals surface area contributed by atoms with E-state index in [2.05, 4.69) is 0 Å². The maximum absolute atomic E-state index is 13.2. The molecule has 2 aromatic carbocycles. The van der Waals surface area contributed by atoms with Gasteiger partial charge in [0.05, 0.1) is 27.0 Å². The number of rotatable bonds is 7. The highest BCUT2D eigenvalue weighted by Crippen LogP contribution is 2.33. The van der Waals surface area contributed by atoms with Crippen LogP contribution in [0.25, 0.3) is 0 Å². The third-order valence-corrected chi connectivity index (χ3v) is 6.71. The molecule has 0 spiro atoms. The van der Waals surface area contributed by atoms with Crippen molar-refractivity contribution < 1.29 is 27.5 Å². The van der Waals surface area contributed by atoms with E-state index in [-0.39, 0.29) is 12.5 Å². The lowest BCUT2D eigenvalue weighted by Crippen LogP contribution is -2.45. The van der Waals surface area contributed by atoms with Crippen LogP contribution in [0.3, 0.4) is 0 Å². The number of hydrogen-bond donors (Lipinski definition) is 0. The Labute approximate surface area is 188 Å². The maximum atomic E-state index is 13.2. The number of methoxy groups -OCH3 is 2. The highest BCUT2D eigenvalue weighted by molar-refractivity contribution is 7.88. The first-order chi connectivity index (χ1) is 15.3. The first-order valence-corrected chi connectivity index (χ1v) is 12.2. The Balaban J connectivity index is 1.74. The molecule has 9 heteroatoms. The normalized spacial score (nSPS) is 14.7. The van der Waals surface area contributed by atoms with E-state index >= 15 is 0 Å². The van der Waals surface area contributed by atoms with Crippen molar-refractivity contribution >= 4 is 21.8 Å². The van der Waals surface area contributed by atoms with Crippen molar-refractivity contribution in [2.45, 2.75) is 19.4 Å². The van der Waals surface area contributed by atoms with Crippen molar-refractivity contribution in [3.05, 3.63) is 59.7 Å². The molecule has 3 rings (SSSR count). The molecule has 172 valence electrons. The minimum absolute atomic E-state index is 0.0856. The Morgan fingerprint density at radius 3 is 2.22 bits per heavy atom. The van der Waals surface area contributed by atoms with Gasteiger partial charge in [-0.2, -0.15) is 0 Å². The quantitative estimate of drug-likeness (QED) is 0.630. The number of nitrogens with zero attached hydrogens (tertiary/aromatic N) is 2. The second kappa shape index (κ2) is 10.0. The molecule has 1 aliphatic heterocycles. The summed E-state index contributed by atoms with van der Waals surface area (Å²) in [6.45, 7) is 0.635. The monoisotopic (exact) mass is 460 g/mol. The Hall–Kier alpha value is -3.07. The van der Waals surface area contributed by atoms with Crippen molar-refractivity contribution in [1.82, 2.24) is 9.21 Å². The van der Waals surface area contributed by atoms with Crippen LogP contribution < -0.4 is 9.47 Å². The van der Waals surface area contributed by atoms with Crippen molar-refractivity contribution in [3.63, 3.8) is 0 Å². The first-order valence-electron chi connectivity index (χ1n) is 10.3. The number of sulfonamides is 1. The molecule has 0 unspecified atom stereocenters. The van der Waals surface area contributed by atoms with Gasteiger partial charge in [-0.05, 0) is 31.0 Å². The van der Waals surface area contributed by atoms with E-state index in [1.807, 2.05) is 6.07 Å². The molecule has 0 radical (unpaired) electrons. The summed E-state index contributed by atoms with van der Waals surface area (Å²) in [5.74, 6) is -0.193. The number of hydrogen-bond acceptors (Lipinski definition) is 6. The summed E-state index contributed by atoms with van der Waals surface area (Å²) in [5.41, 5.74) is 1.13. The summed E-state index contributed by atoms with van der Waals surface area (Å²) in [7, 11) is -0.865. The van der Waals surface area contributed by atoms with Gasteiger partial charge in [0.1, 0.15) is 0 Å². The second-order valence-electron chi connectivity index (χ2n) is 7.69. The number of ether oxygens (including phenoxy) is 2. The topological polar surface area (TPSA) is 93.2 Å². The van der Waals surface area contributed by atoms with Gasteiger partial charge < -0.3 is 14.4 Å². The van der Waals surface area contributed by atoms with Crippen molar-refractivity contribution in [2.75, 3.05) is 33.6 Å². The molecule has 2 amide bonds. The fourth-order valence-electron chi connectivity index (χ4n) is 3.89. The van der Waals surface area contributed by atoms with Crippen molar-refractivity contribution in [1.29, 1.82) is 0 Å². The molecule has 0 saturated carbocycles. The van der Waals surface area contributed by atoms with Crippen LogP contribution in [0.2, 0.25) is 0 Å². The lowest BCUT2D eigenvalue weighted by atomic mass is 9.95. The minimum atomic E-state index is -3.82. The van der Waals surface area contributed by atoms with E-state index in [0.29, 0.717) is 48.6 Å². The Bertz CT molecular complexity index is 1060. The maximum Gasteiger partial charge on any atom is 0.253 e. The second-order valence-corrected chi connectivity index (χ2v) is 9.60. The Kier molecular flexibility index (Phi) is 7.40. The molecule has 0 aromatic heterocycles. The molecular weight excluding hydrogens is 432 g/mol. The van der Waals surface area contributed by atoms with Gasteiger partial charge in [-0.25, -0.2) is 12.7 Å². The zero-order valence-corrected chi connectivity index (χ0v) is 19.3. The molecule has 2 aromatic rings. The van der Waals surface area contributed by atoms with Crippen LogP contribution >= 0.6 is 0 Å². The molecular formula is C23H28N2O6S. The number of likely N-dealkylation sites (tertiary alicyclic amines) is 1. The number of carbonyl (C=O) groups excluding carboxylic acids is 2. The van der Waals surface area contributed by atoms with Crippen LogP contribution in [0, 0.1) is 5.92 Å². The first kappa shape index (κ1) is 23.6. The summed E-state index contributed by atoms with van der Waals surface area (Å²) in [5, 5.41) is 0. The average Bonchev–Trinajstić information content (AvgIpc) is 2.81. The molecule has 8 nitrogen and oxygen atoms in total. The predicted molar refractivity (Wildman–Crippen MR) is 120 cm³/mol. The van der Waals surface area contributed by atoms with E-state index in [0.717, 1.165) is 10.6 Å². The van der Waals surface area contributed by atoms with Gasteiger partial charge in [-0.3, -0.25) is 9.59 Å². The van der Waals surface area contributed by atoms with E-state index in [1.165, 1.54) is 14.2 Å². The van der Waals surface area contributed by atoms with Crippen LogP contribution in [0.15, 0.2) is 48.5 Å². The van der Waals surface area contributed by atoms with E-state index < -0.39 is 21.8 Å². The molecule has 1 fully saturated rings. The molecule has 0 N–H and O–H groups in total. The van der Waals surface area contributed by atoms with Gasteiger partial charge in [0.25, 0.3) is 5.91 Å². The molecule has 32 heavy (non-hydrogen) atoms. The van der Waals surface area contributed by atoms with Gasteiger partial charge in [0, 0.05) is 30.1 Å². The molecule has 1 aliphatic rings. The summed E-state index contributed by atoms with van der Waals surface area (Å²) in [6.07, 6.45) is 1.82. The van der Waals surface area contributed by atoms with Gasteiger partial charge in [0.2, 0.25) is 15.9 Å². The highest BCUT2D eigenvalue weighted by atomic mass is 32.2. The van der Waals surface area contributed by atoms with Crippen LogP contribution in [0.5, 0.6) is 11.5 Å². The molecule has 0 aliphatic carbocycles. The molecule has 0 bridgehead atoms. The van der Waals surface area contributed by atoms with E-state index in [4.69, 9.17) is 9.47 Å². The molecule has 1 saturated heterocycles. The smallest absolute Gasteiger partial charge is 0.253 e. The number of para-hydroxylation sites is 1. The lowest BCUT2D eigenvalue weighted by Gasteiger charge is -2.33. The zero-order valence-electron chi connectivity index (χ0n) is 18.5. The zero-order chi connectivity index (χ0) is 23.3. The number of piperidine rings is 1. The summed E-state index contributed by atoms with van der Waals surface area (Å²) in [4.78, 5) is 27.6. The van der Waals surface area contributed by atoms with Crippen molar-refractivity contribution in [2.24, 2.45) is 5.92 Å². The number of amides is 2. The van der Waals surface area contributed by atoms with Crippen LogP contribution in [0.1, 0.15) is 28.8 Å². The van der Waals surface area contributed by atoms with E-state index in [1.54, 1.807) is 47.4 Å². The third kappa shape index (κ3) is 5.21. The average molecular weight is 461 g/mol. The van der Waals surface area contributed by atoms with Gasteiger partial charge in [-0.15, -0.1) is 0 Å². The van der Waals surface area contributed by atoms with Crippen LogP contribution in [-0.4, -0.2) is 63.0 Å². The molecule has 1 heterocycles. The number of carbonyl (C=O) groups is 2. The number of benzene rings is 2. The van der Waals surface area contributed by atoms with Gasteiger partial charge in [-0.1, -0.05) is 30.3 Å². The van der Waals surface area contributed by atoms with Crippen LogP contribution in [0.4, 0.5) is 0 Å². The van der Waals surface area contributed by atoms with E-state index in [9.17, 15) is 18.0 Å². The third-order valence-electron chi connectivity index (χ3n) is 5.60. The SMILES string of the molecule is COc1cccc(CN(C(=O)C2CCN(C(=O)c3ccccc3)CC2)S(C)(=O)=O)c1OC. The summed E-state index contributed by atoms with van der Waals surface area (Å²) >= 11 is 0. The highest BCUT2D eigenvalue weighted by Gasteiger charge is 2.34. The summed E-state index contributed by atoms with van der Waals surface area (Å²) in [6, 6.07) is 14.1. The van der Waals surface area contributed by atoms with Crippen molar-refractivity contribution in [3.8, 4) is 11.5 Å². The standard InChI is InChI=1S/C23H28N2O6S/c1-30-20-11-7-10-19(21(20)31-2)16-25(32(3,28)29)23(27)18-12-14-24(15-13-18)22(26)17-8-5-4-6-9-17/h4-11,18H,12-16H2,1-3H3. The minimum Gasteiger partial charge on any atom is -0.493 e. The Morgan fingerprint density at radius 2 is 1.66 bits per heavy atom. The largest absolute Gasteiger partial charge is 0.493 e. The fraction of sp³-hybridized carbons (Fsp3) is 0.391. The molecule has 0 atom stereocenters. The van der Waals surface area contributed by atoms with Gasteiger partial charge in [0.15, 0.2) is 11.5 Å².